The maximum Gasteiger partial charge on any atom is 0.336 e. The van der Waals surface area contributed by atoms with E-state index < -0.39 is 5.97 Å². The lowest BCUT2D eigenvalue weighted by Crippen LogP contribution is -2.03. The third-order valence-corrected chi connectivity index (χ3v) is 4.36. The van der Waals surface area contributed by atoms with Crippen molar-refractivity contribution in [3.05, 3.63) is 77.9 Å². The monoisotopic (exact) mass is 334 g/mol. The Labute approximate surface area is 147 Å². The minimum atomic E-state index is -0.904. The molecule has 0 saturated heterocycles. The van der Waals surface area contributed by atoms with Crippen LogP contribution in [0.15, 0.2) is 61.1 Å². The van der Waals surface area contributed by atoms with Crippen molar-refractivity contribution < 1.29 is 9.90 Å². The highest BCUT2D eigenvalue weighted by atomic mass is 16.4. The van der Waals surface area contributed by atoms with E-state index in [1.165, 1.54) is 17.7 Å². The van der Waals surface area contributed by atoms with Crippen LogP contribution in [0.5, 0.6) is 0 Å². The van der Waals surface area contributed by atoms with Gasteiger partial charge in [0.15, 0.2) is 0 Å². The molecule has 0 aliphatic carbocycles. The van der Waals surface area contributed by atoms with E-state index in [2.05, 4.69) is 28.6 Å². The Bertz CT molecular complexity index is 850. The van der Waals surface area contributed by atoms with Gasteiger partial charge < -0.3 is 9.67 Å². The fraction of sp³-hybridized carbons (Fsp3) is 0.238. The van der Waals surface area contributed by atoms with Crippen LogP contribution in [0.2, 0.25) is 0 Å². The molecule has 1 N–H and O–H groups in total. The van der Waals surface area contributed by atoms with E-state index in [0.717, 1.165) is 30.5 Å². The van der Waals surface area contributed by atoms with Crippen LogP contribution in [-0.2, 0) is 13.0 Å². The van der Waals surface area contributed by atoms with Crippen molar-refractivity contribution in [3.63, 3.8) is 0 Å². The number of benzene rings is 2. The van der Waals surface area contributed by atoms with Crippen LogP contribution in [0, 0.1) is 0 Å². The molecule has 0 fully saturated rings. The van der Waals surface area contributed by atoms with Gasteiger partial charge in [-0.05, 0) is 35.6 Å². The van der Waals surface area contributed by atoms with E-state index in [4.69, 9.17) is 0 Å². The molecule has 0 spiro atoms. The average Bonchev–Trinajstić information content (AvgIpc) is 3.07. The number of imidazole rings is 1. The molecule has 0 unspecified atom stereocenters. The first-order chi connectivity index (χ1) is 12.2. The smallest absolute Gasteiger partial charge is 0.336 e. The van der Waals surface area contributed by atoms with Gasteiger partial charge in [-0.15, -0.1) is 0 Å². The van der Waals surface area contributed by atoms with Crippen molar-refractivity contribution in [2.75, 3.05) is 0 Å². The maximum atomic E-state index is 11.4. The number of hydrogen-bond donors (Lipinski definition) is 1. The molecule has 0 bridgehead atoms. The number of rotatable bonds is 7. The van der Waals surface area contributed by atoms with Gasteiger partial charge in [-0.3, -0.25) is 0 Å². The minimum absolute atomic E-state index is 0.326. The van der Waals surface area contributed by atoms with Gasteiger partial charge in [-0.25, -0.2) is 9.78 Å². The highest BCUT2D eigenvalue weighted by molar-refractivity contribution is 5.95. The quantitative estimate of drug-likeness (QED) is 0.685. The highest BCUT2D eigenvalue weighted by Gasteiger charge is 2.10. The Hall–Kier alpha value is -2.88. The zero-order valence-corrected chi connectivity index (χ0v) is 14.4. The second-order valence-electron chi connectivity index (χ2n) is 6.16. The molecule has 1 aromatic heterocycles. The topological polar surface area (TPSA) is 55.1 Å². The molecule has 0 aliphatic rings. The standard InChI is InChI=1S/C21H22N2O2/c1-2-3-6-18-13-22-15-23(18)14-16-9-11-17(12-10-16)19-7-4-5-8-20(19)21(24)25/h4-5,7-13,15H,2-3,6,14H2,1H3,(H,24,25). The number of aryl methyl sites for hydroxylation is 1. The van der Waals surface area contributed by atoms with Gasteiger partial charge in [-0.2, -0.15) is 0 Å². The molecular weight excluding hydrogens is 312 g/mol. The summed E-state index contributed by atoms with van der Waals surface area (Å²) in [5.74, 6) is -0.904. The Kier molecular flexibility index (Phi) is 5.29. The molecule has 2 aromatic carbocycles. The third kappa shape index (κ3) is 3.97. The summed E-state index contributed by atoms with van der Waals surface area (Å²) in [6.07, 6.45) is 7.19. The Balaban J connectivity index is 1.80. The van der Waals surface area contributed by atoms with Gasteiger partial charge in [0, 0.05) is 18.4 Å². The number of aromatic nitrogens is 2. The van der Waals surface area contributed by atoms with Crippen molar-refractivity contribution >= 4 is 5.97 Å². The zero-order chi connectivity index (χ0) is 17.6. The first-order valence-electron chi connectivity index (χ1n) is 8.59. The van der Waals surface area contributed by atoms with Crippen molar-refractivity contribution in [2.45, 2.75) is 32.7 Å². The SMILES string of the molecule is CCCCc1cncn1Cc1ccc(-c2ccccc2C(=O)O)cc1. The number of carboxylic acid groups (broad SMARTS) is 1. The summed E-state index contributed by atoms with van der Waals surface area (Å²) in [5, 5.41) is 9.34. The Morgan fingerprint density at radius 1 is 1.12 bits per heavy atom. The third-order valence-electron chi connectivity index (χ3n) is 4.36. The maximum absolute atomic E-state index is 11.4. The first-order valence-corrected chi connectivity index (χ1v) is 8.59. The van der Waals surface area contributed by atoms with E-state index >= 15 is 0 Å². The van der Waals surface area contributed by atoms with Gasteiger partial charge in [0.2, 0.25) is 0 Å². The molecule has 0 saturated carbocycles. The Morgan fingerprint density at radius 3 is 2.60 bits per heavy atom. The molecule has 4 heteroatoms. The van der Waals surface area contributed by atoms with Crippen LogP contribution in [-0.4, -0.2) is 20.6 Å². The molecule has 128 valence electrons. The summed E-state index contributed by atoms with van der Waals surface area (Å²) in [6, 6.07) is 15.2. The average molecular weight is 334 g/mol. The first kappa shape index (κ1) is 17.0. The number of hydrogen-bond acceptors (Lipinski definition) is 2. The van der Waals surface area contributed by atoms with Gasteiger partial charge in [0.25, 0.3) is 0 Å². The predicted molar refractivity (Wildman–Crippen MR) is 98.8 cm³/mol. The van der Waals surface area contributed by atoms with E-state index in [1.54, 1.807) is 12.1 Å². The highest BCUT2D eigenvalue weighted by Crippen LogP contribution is 2.24. The van der Waals surface area contributed by atoms with Crippen molar-refractivity contribution in [3.8, 4) is 11.1 Å². The summed E-state index contributed by atoms with van der Waals surface area (Å²) >= 11 is 0. The minimum Gasteiger partial charge on any atom is -0.478 e. The number of aromatic carboxylic acids is 1. The lowest BCUT2D eigenvalue weighted by molar-refractivity contribution is 0.0697. The van der Waals surface area contributed by atoms with Gasteiger partial charge in [-0.1, -0.05) is 55.8 Å². The van der Waals surface area contributed by atoms with E-state index in [9.17, 15) is 9.90 Å². The zero-order valence-electron chi connectivity index (χ0n) is 14.4. The molecule has 4 nitrogen and oxygen atoms in total. The van der Waals surface area contributed by atoms with E-state index in [1.807, 2.05) is 36.8 Å². The molecular formula is C21H22N2O2. The summed E-state index contributed by atoms with van der Waals surface area (Å²) in [7, 11) is 0. The van der Waals surface area contributed by atoms with Crippen LogP contribution < -0.4 is 0 Å². The van der Waals surface area contributed by atoms with E-state index in [-0.39, 0.29) is 0 Å². The Morgan fingerprint density at radius 2 is 1.88 bits per heavy atom. The second-order valence-corrected chi connectivity index (χ2v) is 6.16. The molecule has 0 radical (unpaired) electrons. The van der Waals surface area contributed by atoms with Crippen LogP contribution in [0.25, 0.3) is 11.1 Å². The number of carboxylic acids is 1. The van der Waals surface area contributed by atoms with Gasteiger partial charge >= 0.3 is 5.97 Å². The molecule has 0 atom stereocenters. The normalized spacial score (nSPS) is 10.8. The summed E-state index contributed by atoms with van der Waals surface area (Å²) in [6.45, 7) is 2.97. The number of unbranched alkanes of at least 4 members (excludes halogenated alkanes) is 1. The molecule has 0 amide bonds. The van der Waals surface area contributed by atoms with Crippen LogP contribution in [0.4, 0.5) is 0 Å². The van der Waals surface area contributed by atoms with Gasteiger partial charge in [0.05, 0.1) is 11.9 Å². The van der Waals surface area contributed by atoms with Gasteiger partial charge in [0.1, 0.15) is 0 Å². The molecule has 3 rings (SSSR count). The van der Waals surface area contributed by atoms with E-state index in [0.29, 0.717) is 5.56 Å². The summed E-state index contributed by atoms with van der Waals surface area (Å²) in [5.41, 5.74) is 4.41. The fourth-order valence-corrected chi connectivity index (χ4v) is 2.96. The molecule has 1 heterocycles. The lowest BCUT2D eigenvalue weighted by Gasteiger charge is -2.10. The number of nitrogens with zero attached hydrogens (tertiary/aromatic N) is 2. The molecule has 3 aromatic rings. The van der Waals surface area contributed by atoms with Crippen molar-refractivity contribution in [1.29, 1.82) is 0 Å². The molecule has 0 aliphatic heterocycles. The number of carbonyl (C=O) groups is 1. The summed E-state index contributed by atoms with van der Waals surface area (Å²) in [4.78, 5) is 15.7. The van der Waals surface area contributed by atoms with Crippen LogP contribution >= 0.6 is 0 Å². The lowest BCUT2D eigenvalue weighted by atomic mass is 9.99. The second kappa shape index (κ2) is 7.79. The van der Waals surface area contributed by atoms with Crippen LogP contribution in [0.3, 0.4) is 0 Å². The fourth-order valence-electron chi connectivity index (χ4n) is 2.96. The summed E-state index contributed by atoms with van der Waals surface area (Å²) < 4.78 is 2.18. The van der Waals surface area contributed by atoms with Crippen molar-refractivity contribution in [1.82, 2.24) is 9.55 Å². The predicted octanol–water partition coefficient (Wildman–Crippen LogP) is 4.64. The molecule has 25 heavy (non-hydrogen) atoms. The largest absolute Gasteiger partial charge is 0.478 e. The van der Waals surface area contributed by atoms with Crippen LogP contribution in [0.1, 0.15) is 41.4 Å². The van der Waals surface area contributed by atoms with Crippen molar-refractivity contribution in [2.24, 2.45) is 0 Å².